The number of nitrogens with one attached hydrogen (secondary N) is 2. The van der Waals surface area contributed by atoms with Crippen LogP contribution in [0.25, 0.3) is 10.2 Å². The molecule has 0 atom stereocenters. The van der Waals surface area contributed by atoms with Gasteiger partial charge in [-0.25, -0.2) is 22.7 Å². The average Bonchev–Trinajstić information content (AvgIpc) is 3.47. The number of sulfonamides is 1. The lowest BCUT2D eigenvalue weighted by atomic mass is 9.89. The molecule has 1 saturated heterocycles. The van der Waals surface area contributed by atoms with E-state index in [9.17, 15) is 8.42 Å². The van der Waals surface area contributed by atoms with E-state index in [1.165, 1.54) is 21.3 Å². The molecule has 4 aromatic rings. The highest BCUT2D eigenvalue weighted by atomic mass is 32.2. The first-order valence-electron chi connectivity index (χ1n) is 11.9. The fourth-order valence-electron chi connectivity index (χ4n) is 4.81. The number of hydrogen-bond acceptors (Lipinski definition) is 9. The van der Waals surface area contributed by atoms with Crippen LogP contribution < -0.4 is 19.8 Å². The third-order valence-corrected chi connectivity index (χ3v) is 9.33. The molecule has 0 aliphatic carbocycles. The quantitative estimate of drug-likeness (QED) is 0.410. The lowest BCUT2D eigenvalue weighted by Gasteiger charge is -2.29. The van der Waals surface area contributed by atoms with Crippen molar-refractivity contribution in [3.05, 3.63) is 59.7 Å². The largest absolute Gasteiger partial charge is 0.369 e. The second-order valence-electron chi connectivity index (χ2n) is 9.69. The van der Waals surface area contributed by atoms with Gasteiger partial charge in [0.05, 0.1) is 10.2 Å². The summed E-state index contributed by atoms with van der Waals surface area (Å²) in [5.74, 6) is 0.760. The minimum Gasteiger partial charge on any atom is -0.369 e. The van der Waals surface area contributed by atoms with E-state index in [4.69, 9.17) is 0 Å². The maximum Gasteiger partial charge on any atom is 0.267 e. The van der Waals surface area contributed by atoms with Gasteiger partial charge in [0, 0.05) is 61.3 Å². The zero-order chi connectivity index (χ0) is 24.9. The van der Waals surface area contributed by atoms with Gasteiger partial charge >= 0.3 is 0 Å². The average molecular weight is 522 g/mol. The van der Waals surface area contributed by atoms with Crippen LogP contribution in [0.5, 0.6) is 0 Å². The molecular weight excluding hydrogens is 494 g/mol. The third-order valence-electron chi connectivity index (χ3n) is 6.77. The Morgan fingerprint density at radius 2 is 1.83 bits per heavy atom. The van der Waals surface area contributed by atoms with Crippen LogP contribution in [0, 0.1) is 0 Å². The number of para-hydroxylation sites is 1. The molecule has 0 bridgehead atoms. The van der Waals surface area contributed by atoms with Crippen LogP contribution in [0.1, 0.15) is 19.4 Å². The number of thiazole rings is 1. The van der Waals surface area contributed by atoms with Crippen molar-refractivity contribution in [1.29, 1.82) is 0 Å². The minimum atomic E-state index is -3.88. The van der Waals surface area contributed by atoms with E-state index in [1.54, 1.807) is 23.8 Å². The minimum absolute atomic E-state index is 0.196. The first-order valence-corrected chi connectivity index (χ1v) is 14.2. The van der Waals surface area contributed by atoms with E-state index in [2.05, 4.69) is 42.6 Å². The molecule has 1 fully saturated rings. The Labute approximate surface area is 214 Å². The Balaban J connectivity index is 1.32. The van der Waals surface area contributed by atoms with Crippen LogP contribution in [0.3, 0.4) is 0 Å². The molecule has 9 nitrogen and oxygen atoms in total. The van der Waals surface area contributed by atoms with E-state index < -0.39 is 15.4 Å². The van der Waals surface area contributed by atoms with E-state index >= 15 is 0 Å². The van der Waals surface area contributed by atoms with Gasteiger partial charge in [-0.2, -0.15) is 4.98 Å². The van der Waals surface area contributed by atoms with Crippen molar-refractivity contribution in [3.8, 4) is 0 Å². The standard InChI is InChI=1S/C25H27N7O2S2/c1-25(2)15-32(36(33,34)21-5-3-4-20-22(21)28-16-35-20)23-19(25)14-27-24(30-23)29-17-6-8-18(9-7-17)31-12-10-26-11-13-31/h3-9,14,16,26H,10-13,15H2,1-2H3,(H,27,29,30). The number of benzene rings is 2. The maximum absolute atomic E-state index is 13.9. The fraction of sp³-hybridized carbons (Fsp3) is 0.320. The molecule has 36 heavy (non-hydrogen) atoms. The fourth-order valence-corrected chi connectivity index (χ4v) is 7.34. The summed E-state index contributed by atoms with van der Waals surface area (Å²) >= 11 is 1.42. The molecule has 2 aromatic heterocycles. The van der Waals surface area contributed by atoms with Gasteiger partial charge in [0.1, 0.15) is 10.4 Å². The third kappa shape index (κ3) is 3.97. The first kappa shape index (κ1) is 23.1. The van der Waals surface area contributed by atoms with E-state index in [1.807, 2.05) is 32.0 Å². The van der Waals surface area contributed by atoms with Gasteiger partial charge in [-0.15, -0.1) is 11.3 Å². The molecular formula is C25H27N7O2S2. The Hall–Kier alpha value is -3.28. The maximum atomic E-state index is 13.9. The summed E-state index contributed by atoms with van der Waals surface area (Å²) in [5.41, 5.74) is 4.55. The van der Waals surface area contributed by atoms with Crippen LogP contribution in [0.4, 0.5) is 23.1 Å². The second-order valence-corrected chi connectivity index (χ2v) is 12.4. The Morgan fingerprint density at radius 3 is 2.61 bits per heavy atom. The zero-order valence-corrected chi connectivity index (χ0v) is 21.7. The summed E-state index contributed by atoms with van der Waals surface area (Å²) in [6, 6.07) is 13.4. The van der Waals surface area contributed by atoms with Gasteiger partial charge in [0.15, 0.2) is 5.82 Å². The van der Waals surface area contributed by atoms with Crippen molar-refractivity contribution in [1.82, 2.24) is 20.3 Å². The van der Waals surface area contributed by atoms with Crippen molar-refractivity contribution in [3.63, 3.8) is 0 Å². The molecule has 4 heterocycles. The van der Waals surface area contributed by atoms with Gasteiger partial charge < -0.3 is 15.5 Å². The number of fused-ring (bicyclic) bond motifs is 2. The summed E-state index contributed by atoms with van der Waals surface area (Å²) in [6.45, 7) is 8.23. The highest BCUT2D eigenvalue weighted by Gasteiger charge is 2.43. The Bertz CT molecular complexity index is 1530. The number of rotatable bonds is 5. The highest BCUT2D eigenvalue weighted by molar-refractivity contribution is 7.93. The van der Waals surface area contributed by atoms with Crippen molar-refractivity contribution >= 4 is 54.7 Å². The highest BCUT2D eigenvalue weighted by Crippen LogP contribution is 2.43. The normalized spacial score (nSPS) is 17.4. The van der Waals surface area contributed by atoms with E-state index in [-0.39, 0.29) is 11.4 Å². The smallest absolute Gasteiger partial charge is 0.267 e. The molecule has 2 aliphatic rings. The van der Waals surface area contributed by atoms with Gasteiger partial charge in [-0.1, -0.05) is 19.9 Å². The summed E-state index contributed by atoms with van der Waals surface area (Å²) in [6.07, 6.45) is 1.73. The number of anilines is 4. The molecule has 0 radical (unpaired) electrons. The lowest BCUT2D eigenvalue weighted by molar-refractivity contribution is 0.554. The number of piperazine rings is 1. The SMILES string of the molecule is CC1(C)CN(S(=O)(=O)c2cccc3scnc23)c2nc(Nc3ccc(N4CCNCC4)cc3)ncc21. The summed E-state index contributed by atoms with van der Waals surface area (Å²) in [5, 5.41) is 6.61. The summed E-state index contributed by atoms with van der Waals surface area (Å²) in [7, 11) is -3.88. The van der Waals surface area contributed by atoms with Crippen molar-refractivity contribution in [2.75, 3.05) is 47.2 Å². The number of nitrogens with zero attached hydrogens (tertiary/aromatic N) is 5. The molecule has 186 valence electrons. The van der Waals surface area contributed by atoms with E-state index in [0.29, 0.717) is 17.3 Å². The molecule has 0 unspecified atom stereocenters. The predicted octanol–water partition coefficient (Wildman–Crippen LogP) is 3.73. The topological polar surface area (TPSA) is 103 Å². The molecule has 0 saturated carbocycles. The zero-order valence-electron chi connectivity index (χ0n) is 20.1. The predicted molar refractivity (Wildman–Crippen MR) is 144 cm³/mol. The first-order chi connectivity index (χ1) is 17.3. The molecule has 2 N–H and O–H groups in total. The number of hydrogen-bond donors (Lipinski definition) is 2. The molecule has 0 spiro atoms. The van der Waals surface area contributed by atoms with Gasteiger partial charge in [0.25, 0.3) is 10.0 Å². The van der Waals surface area contributed by atoms with Crippen LogP contribution in [-0.2, 0) is 15.4 Å². The molecule has 2 aliphatic heterocycles. The lowest BCUT2D eigenvalue weighted by Crippen LogP contribution is -2.43. The molecule has 6 rings (SSSR count). The molecule has 0 amide bonds. The molecule has 11 heteroatoms. The van der Waals surface area contributed by atoms with Crippen molar-refractivity contribution in [2.24, 2.45) is 0 Å². The monoisotopic (exact) mass is 521 g/mol. The van der Waals surface area contributed by atoms with Crippen LogP contribution >= 0.6 is 11.3 Å². The second kappa shape index (κ2) is 8.68. The number of aromatic nitrogens is 3. The van der Waals surface area contributed by atoms with Crippen molar-refractivity contribution in [2.45, 2.75) is 24.2 Å². The van der Waals surface area contributed by atoms with Gasteiger partial charge in [0.2, 0.25) is 5.95 Å². The van der Waals surface area contributed by atoms with Crippen LogP contribution in [0.15, 0.2) is 59.1 Å². The van der Waals surface area contributed by atoms with Gasteiger partial charge in [-0.05, 0) is 36.4 Å². The Morgan fingerprint density at radius 1 is 1.06 bits per heavy atom. The van der Waals surface area contributed by atoms with Crippen LogP contribution in [-0.4, -0.2) is 56.1 Å². The Kier molecular flexibility index (Phi) is 5.58. The summed E-state index contributed by atoms with van der Waals surface area (Å²) in [4.78, 5) is 16.1. The van der Waals surface area contributed by atoms with E-state index in [0.717, 1.165) is 42.1 Å². The van der Waals surface area contributed by atoms with Crippen LogP contribution in [0.2, 0.25) is 0 Å². The van der Waals surface area contributed by atoms with Crippen molar-refractivity contribution < 1.29 is 8.42 Å². The summed E-state index contributed by atoms with van der Waals surface area (Å²) < 4.78 is 29.9. The molecule has 2 aromatic carbocycles. The van der Waals surface area contributed by atoms with Gasteiger partial charge in [-0.3, -0.25) is 0 Å².